The highest BCUT2D eigenvalue weighted by Gasteiger charge is 2.26. The average Bonchev–Trinajstić information content (AvgIpc) is 2.87. The van der Waals surface area contributed by atoms with Crippen molar-refractivity contribution < 1.29 is 9.59 Å². The van der Waals surface area contributed by atoms with Crippen LogP contribution in [0.25, 0.3) is 16.6 Å². The van der Waals surface area contributed by atoms with Crippen molar-refractivity contribution in [2.24, 2.45) is 0 Å². The van der Waals surface area contributed by atoms with Crippen LogP contribution in [0, 0.1) is 0 Å². The first-order valence-corrected chi connectivity index (χ1v) is 11.6. The number of benzene rings is 3. The number of Topliss-reactive ketones (excluding diaryl/α,β-unsaturated/α-hetero) is 1. The summed E-state index contributed by atoms with van der Waals surface area (Å²) in [5, 5.41) is 3.31. The molecule has 0 saturated carbocycles. The maximum atomic E-state index is 13.8. The van der Waals surface area contributed by atoms with Crippen molar-refractivity contribution in [3.05, 3.63) is 111 Å². The van der Waals surface area contributed by atoms with Gasteiger partial charge >= 0.3 is 5.69 Å². The third kappa shape index (κ3) is 4.57. The zero-order valence-corrected chi connectivity index (χ0v) is 19.9. The van der Waals surface area contributed by atoms with Gasteiger partial charge in [-0.15, -0.1) is 0 Å². The Morgan fingerprint density at radius 3 is 2.29 bits per heavy atom. The molecule has 0 aliphatic carbocycles. The third-order valence-electron chi connectivity index (χ3n) is 6.16. The van der Waals surface area contributed by atoms with Crippen molar-refractivity contribution in [2.45, 2.75) is 39.3 Å². The molecule has 2 atom stereocenters. The lowest BCUT2D eigenvalue weighted by molar-refractivity contribution is -0.125. The number of carbonyl (C=O) groups excluding carboxylic acids is 2. The molecule has 0 saturated heterocycles. The minimum Gasteiger partial charge on any atom is -0.348 e. The number of carbonyl (C=O) groups is 2. The summed E-state index contributed by atoms with van der Waals surface area (Å²) < 4.78 is 2.41. The number of nitrogens with zero attached hydrogens (tertiary/aromatic N) is 2. The van der Waals surface area contributed by atoms with Crippen LogP contribution in [-0.2, 0) is 4.79 Å². The van der Waals surface area contributed by atoms with Gasteiger partial charge in [0, 0.05) is 5.56 Å². The molecule has 1 N–H and O–H groups in total. The molecule has 35 heavy (non-hydrogen) atoms. The van der Waals surface area contributed by atoms with E-state index in [9.17, 15) is 19.2 Å². The van der Waals surface area contributed by atoms with E-state index in [1.54, 1.807) is 42.5 Å². The summed E-state index contributed by atoms with van der Waals surface area (Å²) in [6, 6.07) is 21.6. The third-order valence-corrected chi connectivity index (χ3v) is 6.16. The summed E-state index contributed by atoms with van der Waals surface area (Å²) in [7, 11) is 0. The summed E-state index contributed by atoms with van der Waals surface area (Å²) in [4.78, 5) is 52.5. The van der Waals surface area contributed by atoms with E-state index in [2.05, 4.69) is 5.32 Å². The van der Waals surface area contributed by atoms with E-state index in [1.165, 1.54) is 17.6 Å². The van der Waals surface area contributed by atoms with Crippen LogP contribution in [0.5, 0.6) is 0 Å². The first-order valence-electron chi connectivity index (χ1n) is 11.6. The molecule has 7 heteroatoms. The molecule has 0 bridgehead atoms. The molecular weight excluding hydrogens is 442 g/mol. The molecule has 0 spiro atoms. The molecule has 0 fully saturated rings. The Labute approximate surface area is 202 Å². The average molecular weight is 470 g/mol. The fourth-order valence-electron chi connectivity index (χ4n) is 4.30. The highest BCUT2D eigenvalue weighted by atomic mass is 16.2. The SMILES string of the molecule is CCC(C(=O)NC(C)c1ccccc1)n1c(=O)n(-c2cccc(C(C)=O)c2)c(=O)c2ccccc21. The predicted octanol–water partition coefficient (Wildman–Crippen LogP) is 4.18. The van der Waals surface area contributed by atoms with Crippen LogP contribution >= 0.6 is 0 Å². The molecule has 0 radical (unpaired) electrons. The van der Waals surface area contributed by atoms with E-state index < -0.39 is 17.3 Å². The monoisotopic (exact) mass is 469 g/mol. The lowest BCUT2D eigenvalue weighted by atomic mass is 10.1. The zero-order valence-electron chi connectivity index (χ0n) is 19.9. The highest BCUT2D eigenvalue weighted by Crippen LogP contribution is 2.20. The van der Waals surface area contributed by atoms with Crippen LogP contribution in [0.4, 0.5) is 0 Å². The van der Waals surface area contributed by atoms with Crippen LogP contribution < -0.4 is 16.6 Å². The Kier molecular flexibility index (Phi) is 6.78. The van der Waals surface area contributed by atoms with Gasteiger partial charge in [-0.25, -0.2) is 9.36 Å². The van der Waals surface area contributed by atoms with Gasteiger partial charge in [0.1, 0.15) is 6.04 Å². The largest absolute Gasteiger partial charge is 0.348 e. The fraction of sp³-hybridized carbons (Fsp3) is 0.214. The number of hydrogen-bond acceptors (Lipinski definition) is 4. The summed E-state index contributed by atoms with van der Waals surface area (Å²) in [6.07, 6.45) is 0.336. The van der Waals surface area contributed by atoms with Gasteiger partial charge in [0.25, 0.3) is 5.56 Å². The second-order valence-electron chi connectivity index (χ2n) is 8.48. The summed E-state index contributed by atoms with van der Waals surface area (Å²) in [5.41, 5.74) is 0.851. The molecule has 3 aromatic carbocycles. The molecule has 178 valence electrons. The minimum atomic E-state index is -0.846. The van der Waals surface area contributed by atoms with Gasteiger partial charge in [0.2, 0.25) is 5.91 Å². The molecule has 2 unspecified atom stereocenters. The second-order valence-corrected chi connectivity index (χ2v) is 8.48. The van der Waals surface area contributed by atoms with E-state index >= 15 is 0 Å². The molecular formula is C28H27N3O4. The Balaban J connectivity index is 1.89. The fourth-order valence-corrected chi connectivity index (χ4v) is 4.30. The van der Waals surface area contributed by atoms with E-state index in [-0.39, 0.29) is 23.4 Å². The first-order chi connectivity index (χ1) is 16.8. The van der Waals surface area contributed by atoms with Gasteiger partial charge in [0.15, 0.2) is 5.78 Å². The van der Waals surface area contributed by atoms with Crippen LogP contribution in [0.1, 0.15) is 55.2 Å². The van der Waals surface area contributed by atoms with E-state index in [0.29, 0.717) is 22.9 Å². The summed E-state index contributed by atoms with van der Waals surface area (Å²) in [5.74, 6) is -0.500. The van der Waals surface area contributed by atoms with Crippen molar-refractivity contribution in [1.29, 1.82) is 0 Å². The molecule has 1 heterocycles. The van der Waals surface area contributed by atoms with Gasteiger partial charge in [0.05, 0.1) is 22.6 Å². The lowest BCUT2D eigenvalue weighted by Gasteiger charge is -2.24. The molecule has 7 nitrogen and oxygen atoms in total. The van der Waals surface area contributed by atoms with E-state index in [4.69, 9.17) is 0 Å². The highest BCUT2D eigenvalue weighted by molar-refractivity contribution is 5.94. The van der Waals surface area contributed by atoms with Crippen LogP contribution in [0.3, 0.4) is 0 Å². The number of para-hydroxylation sites is 1. The standard InChI is InChI=1S/C28H27N3O4/c1-4-24(26(33)29-18(2)20-11-6-5-7-12-20)31-25-16-9-8-15-23(25)27(34)30(28(31)35)22-14-10-13-21(17-22)19(3)32/h5-18,24H,4H2,1-3H3,(H,29,33). The van der Waals surface area contributed by atoms with E-state index in [0.717, 1.165) is 10.1 Å². The molecule has 1 amide bonds. The van der Waals surface area contributed by atoms with Crippen molar-refractivity contribution >= 4 is 22.6 Å². The number of amides is 1. The summed E-state index contributed by atoms with van der Waals surface area (Å²) >= 11 is 0. The number of rotatable bonds is 7. The first kappa shape index (κ1) is 23.9. The topological polar surface area (TPSA) is 90.2 Å². The molecule has 0 aliphatic heterocycles. The van der Waals surface area contributed by atoms with Gasteiger partial charge in [-0.05, 0) is 50.1 Å². The maximum Gasteiger partial charge on any atom is 0.336 e. The quantitative estimate of drug-likeness (QED) is 0.411. The lowest BCUT2D eigenvalue weighted by Crippen LogP contribution is -2.44. The Hall–Kier alpha value is -4.26. The number of nitrogens with one attached hydrogen (secondary N) is 1. The molecule has 4 rings (SSSR count). The van der Waals surface area contributed by atoms with Gasteiger partial charge < -0.3 is 5.32 Å². The maximum absolute atomic E-state index is 13.8. The molecule has 1 aromatic heterocycles. The van der Waals surface area contributed by atoms with Crippen LogP contribution in [-0.4, -0.2) is 20.8 Å². The minimum absolute atomic E-state index is 0.179. The Morgan fingerprint density at radius 1 is 0.914 bits per heavy atom. The smallest absolute Gasteiger partial charge is 0.336 e. The Morgan fingerprint density at radius 2 is 1.60 bits per heavy atom. The van der Waals surface area contributed by atoms with Crippen molar-refractivity contribution in [3.63, 3.8) is 0 Å². The van der Waals surface area contributed by atoms with Gasteiger partial charge in [-0.1, -0.05) is 61.5 Å². The van der Waals surface area contributed by atoms with Crippen molar-refractivity contribution in [2.75, 3.05) is 0 Å². The van der Waals surface area contributed by atoms with Gasteiger partial charge in [-0.3, -0.25) is 19.0 Å². The van der Waals surface area contributed by atoms with E-state index in [1.807, 2.05) is 44.2 Å². The number of fused-ring (bicyclic) bond motifs is 1. The normalized spacial score (nSPS) is 12.8. The predicted molar refractivity (Wildman–Crippen MR) is 136 cm³/mol. The molecule has 0 aliphatic rings. The zero-order chi connectivity index (χ0) is 25.1. The van der Waals surface area contributed by atoms with Gasteiger partial charge in [-0.2, -0.15) is 0 Å². The molecule has 4 aromatic rings. The Bertz CT molecular complexity index is 1520. The van der Waals surface area contributed by atoms with Crippen LogP contribution in [0.2, 0.25) is 0 Å². The number of aromatic nitrogens is 2. The number of hydrogen-bond donors (Lipinski definition) is 1. The van der Waals surface area contributed by atoms with Crippen LogP contribution in [0.15, 0.2) is 88.5 Å². The summed E-state index contributed by atoms with van der Waals surface area (Å²) in [6.45, 7) is 5.13. The number of ketones is 1. The second kappa shape index (κ2) is 9.93. The van der Waals surface area contributed by atoms with Crippen molar-refractivity contribution in [3.8, 4) is 5.69 Å². The van der Waals surface area contributed by atoms with Crippen molar-refractivity contribution in [1.82, 2.24) is 14.5 Å².